The lowest BCUT2D eigenvalue weighted by molar-refractivity contribution is -0.120. The molecule has 1 aliphatic heterocycles. The number of amides is 1. The summed E-state index contributed by atoms with van der Waals surface area (Å²) in [5.74, 6) is 1.60. The molecule has 23 heavy (non-hydrogen) atoms. The fourth-order valence-electron chi connectivity index (χ4n) is 2.73. The topological polar surface area (TPSA) is 66.0 Å². The van der Waals surface area contributed by atoms with Crippen LogP contribution in [0.3, 0.4) is 0 Å². The van der Waals surface area contributed by atoms with E-state index in [2.05, 4.69) is 5.32 Å². The monoisotopic (exact) mass is 323 g/mol. The average molecular weight is 323 g/mol. The molecule has 1 N–H and O–H groups in total. The highest BCUT2D eigenvalue weighted by atomic mass is 16.5. The van der Waals surface area contributed by atoms with Gasteiger partial charge in [0.2, 0.25) is 11.7 Å². The van der Waals surface area contributed by atoms with E-state index in [0.29, 0.717) is 23.8 Å². The summed E-state index contributed by atoms with van der Waals surface area (Å²) >= 11 is 0. The van der Waals surface area contributed by atoms with Gasteiger partial charge < -0.3 is 24.3 Å². The van der Waals surface area contributed by atoms with Crippen LogP contribution in [0.15, 0.2) is 12.1 Å². The van der Waals surface area contributed by atoms with E-state index in [-0.39, 0.29) is 18.4 Å². The van der Waals surface area contributed by atoms with Crippen LogP contribution >= 0.6 is 0 Å². The molecule has 0 spiro atoms. The summed E-state index contributed by atoms with van der Waals surface area (Å²) in [4.78, 5) is 12.1. The molecule has 0 bridgehead atoms. The summed E-state index contributed by atoms with van der Waals surface area (Å²) in [7, 11) is 4.67. The van der Waals surface area contributed by atoms with Gasteiger partial charge in [-0.1, -0.05) is 0 Å². The molecule has 128 valence electrons. The first-order chi connectivity index (χ1) is 11.2. The molecular weight excluding hydrogens is 298 g/mol. The molecule has 1 saturated heterocycles. The van der Waals surface area contributed by atoms with E-state index in [4.69, 9.17) is 18.9 Å². The molecule has 1 aromatic carbocycles. The second-order valence-corrected chi connectivity index (χ2v) is 5.48. The van der Waals surface area contributed by atoms with Crippen molar-refractivity contribution >= 4 is 5.91 Å². The molecule has 1 atom stereocenters. The molecule has 1 fully saturated rings. The zero-order chi connectivity index (χ0) is 16.7. The van der Waals surface area contributed by atoms with Crippen molar-refractivity contribution in [3.8, 4) is 17.2 Å². The van der Waals surface area contributed by atoms with E-state index < -0.39 is 0 Å². The first-order valence-electron chi connectivity index (χ1n) is 7.85. The highest BCUT2D eigenvalue weighted by molar-refractivity contribution is 5.79. The maximum atomic E-state index is 12.1. The number of benzene rings is 1. The number of carbonyl (C=O) groups excluding carboxylic acids is 1. The zero-order valence-electron chi connectivity index (χ0n) is 14.0. The Kier molecular flexibility index (Phi) is 6.52. The second-order valence-electron chi connectivity index (χ2n) is 5.48. The van der Waals surface area contributed by atoms with E-state index in [0.717, 1.165) is 31.4 Å². The summed E-state index contributed by atoms with van der Waals surface area (Å²) in [6.07, 6.45) is 3.62. The summed E-state index contributed by atoms with van der Waals surface area (Å²) in [6.45, 7) is 1.47. The normalized spacial score (nSPS) is 16.9. The zero-order valence-corrected chi connectivity index (χ0v) is 14.0. The highest BCUT2D eigenvalue weighted by Gasteiger charge is 2.17. The van der Waals surface area contributed by atoms with Gasteiger partial charge in [-0.3, -0.25) is 4.79 Å². The van der Waals surface area contributed by atoms with Crippen LogP contribution in [0.25, 0.3) is 0 Å². The number of ether oxygens (including phenoxy) is 4. The van der Waals surface area contributed by atoms with Gasteiger partial charge in [-0.2, -0.15) is 0 Å². The fraction of sp³-hybridized carbons (Fsp3) is 0.588. The van der Waals surface area contributed by atoms with Crippen LogP contribution < -0.4 is 19.5 Å². The Morgan fingerprint density at radius 2 is 1.91 bits per heavy atom. The summed E-state index contributed by atoms with van der Waals surface area (Å²) < 4.78 is 21.4. The quantitative estimate of drug-likeness (QED) is 0.792. The second kappa shape index (κ2) is 8.62. The standard InChI is InChI=1S/C17H25NO5/c1-20-14-9-12(10-15(21-2)17(14)22-3)11-16(19)18-7-6-13-5-4-8-23-13/h9-10,13H,4-8,11H2,1-3H3,(H,18,19). The Labute approximate surface area is 137 Å². The lowest BCUT2D eigenvalue weighted by Gasteiger charge is -2.14. The Morgan fingerprint density at radius 3 is 2.43 bits per heavy atom. The third kappa shape index (κ3) is 4.76. The number of methoxy groups -OCH3 is 3. The van der Waals surface area contributed by atoms with Gasteiger partial charge in [-0.25, -0.2) is 0 Å². The van der Waals surface area contributed by atoms with Crippen LogP contribution in [0, 0.1) is 0 Å². The first kappa shape index (κ1) is 17.4. The summed E-state index contributed by atoms with van der Waals surface area (Å²) in [5, 5.41) is 2.93. The van der Waals surface area contributed by atoms with Crippen LogP contribution in [0.4, 0.5) is 0 Å². The van der Waals surface area contributed by atoms with Gasteiger partial charge in [0.25, 0.3) is 0 Å². The molecule has 1 amide bonds. The lowest BCUT2D eigenvalue weighted by Crippen LogP contribution is -2.28. The van der Waals surface area contributed by atoms with Gasteiger partial charge in [0, 0.05) is 13.2 Å². The van der Waals surface area contributed by atoms with Crippen molar-refractivity contribution in [2.24, 2.45) is 0 Å². The van der Waals surface area contributed by atoms with E-state index in [9.17, 15) is 4.79 Å². The van der Waals surface area contributed by atoms with Crippen LogP contribution in [0.1, 0.15) is 24.8 Å². The SMILES string of the molecule is COc1cc(CC(=O)NCCC2CCCO2)cc(OC)c1OC. The maximum Gasteiger partial charge on any atom is 0.224 e. The molecule has 1 aromatic rings. The Hall–Kier alpha value is -1.95. The molecule has 0 radical (unpaired) electrons. The molecule has 6 nitrogen and oxygen atoms in total. The Bertz CT molecular complexity index is 501. The largest absolute Gasteiger partial charge is 0.493 e. The molecule has 1 heterocycles. The molecular formula is C17H25NO5. The average Bonchev–Trinajstić information content (AvgIpc) is 3.07. The Morgan fingerprint density at radius 1 is 1.22 bits per heavy atom. The number of nitrogens with one attached hydrogen (secondary N) is 1. The number of carbonyl (C=O) groups is 1. The van der Waals surface area contributed by atoms with Crippen molar-refractivity contribution < 1.29 is 23.7 Å². The van der Waals surface area contributed by atoms with Crippen molar-refractivity contribution in [3.63, 3.8) is 0 Å². The van der Waals surface area contributed by atoms with Gasteiger partial charge >= 0.3 is 0 Å². The molecule has 6 heteroatoms. The minimum absolute atomic E-state index is 0.0303. The lowest BCUT2D eigenvalue weighted by atomic mass is 10.1. The third-order valence-corrected chi connectivity index (χ3v) is 3.90. The van der Waals surface area contributed by atoms with Gasteiger partial charge in [-0.15, -0.1) is 0 Å². The predicted octanol–water partition coefficient (Wildman–Crippen LogP) is 1.94. The molecule has 2 rings (SSSR count). The number of hydrogen-bond donors (Lipinski definition) is 1. The fourth-order valence-corrected chi connectivity index (χ4v) is 2.73. The predicted molar refractivity (Wildman–Crippen MR) is 86.4 cm³/mol. The molecule has 0 saturated carbocycles. The number of rotatable bonds is 8. The van der Waals surface area contributed by atoms with E-state index >= 15 is 0 Å². The van der Waals surface area contributed by atoms with Crippen LogP contribution in [0.5, 0.6) is 17.2 Å². The van der Waals surface area contributed by atoms with Crippen molar-refractivity contribution in [1.82, 2.24) is 5.32 Å². The van der Waals surface area contributed by atoms with Crippen LogP contribution in [0.2, 0.25) is 0 Å². The minimum atomic E-state index is -0.0303. The molecule has 1 unspecified atom stereocenters. The van der Waals surface area contributed by atoms with Gasteiger partial charge in [0.05, 0.1) is 33.9 Å². The van der Waals surface area contributed by atoms with Crippen molar-refractivity contribution in [3.05, 3.63) is 17.7 Å². The minimum Gasteiger partial charge on any atom is -0.493 e. The summed E-state index contributed by atoms with van der Waals surface area (Å²) in [6, 6.07) is 3.59. The maximum absolute atomic E-state index is 12.1. The van der Waals surface area contributed by atoms with Crippen molar-refractivity contribution in [1.29, 1.82) is 0 Å². The van der Waals surface area contributed by atoms with Gasteiger partial charge in [0.15, 0.2) is 11.5 Å². The first-order valence-corrected chi connectivity index (χ1v) is 7.85. The van der Waals surface area contributed by atoms with Gasteiger partial charge in [0.1, 0.15) is 0 Å². The van der Waals surface area contributed by atoms with Crippen molar-refractivity contribution in [2.75, 3.05) is 34.5 Å². The van der Waals surface area contributed by atoms with E-state index in [1.807, 2.05) is 0 Å². The van der Waals surface area contributed by atoms with Crippen LogP contribution in [-0.4, -0.2) is 46.5 Å². The van der Waals surface area contributed by atoms with Crippen molar-refractivity contribution in [2.45, 2.75) is 31.8 Å². The third-order valence-electron chi connectivity index (χ3n) is 3.90. The molecule has 0 aromatic heterocycles. The molecule has 0 aliphatic carbocycles. The Balaban J connectivity index is 1.91. The van der Waals surface area contributed by atoms with E-state index in [1.54, 1.807) is 33.5 Å². The van der Waals surface area contributed by atoms with Crippen LogP contribution in [-0.2, 0) is 16.0 Å². The summed E-state index contributed by atoms with van der Waals surface area (Å²) in [5.41, 5.74) is 0.814. The van der Waals surface area contributed by atoms with E-state index in [1.165, 1.54) is 0 Å². The van der Waals surface area contributed by atoms with Gasteiger partial charge in [-0.05, 0) is 37.0 Å². The smallest absolute Gasteiger partial charge is 0.224 e. The number of hydrogen-bond acceptors (Lipinski definition) is 5. The highest BCUT2D eigenvalue weighted by Crippen LogP contribution is 2.38. The molecule has 1 aliphatic rings.